The van der Waals surface area contributed by atoms with Crippen LogP contribution in [0, 0.1) is 18.3 Å². The summed E-state index contributed by atoms with van der Waals surface area (Å²) < 4.78 is 0. The van der Waals surface area contributed by atoms with Gasteiger partial charge in [-0.05, 0) is 38.9 Å². The lowest BCUT2D eigenvalue weighted by molar-refractivity contribution is 0.432. The maximum absolute atomic E-state index is 9.21. The molecule has 0 aliphatic rings. The second-order valence-electron chi connectivity index (χ2n) is 4.98. The van der Waals surface area contributed by atoms with Gasteiger partial charge >= 0.3 is 0 Å². The number of aryl methyl sites for hydroxylation is 1. The molecule has 1 atom stereocenters. The molecule has 1 aromatic carbocycles. The third-order valence-electron chi connectivity index (χ3n) is 3.24. The molecular weight excluding hydrogens is 222 g/mol. The van der Waals surface area contributed by atoms with Crippen molar-refractivity contribution in [2.24, 2.45) is 0 Å². The van der Waals surface area contributed by atoms with Crippen LogP contribution in [0.1, 0.15) is 25.8 Å². The minimum Gasteiger partial charge on any atom is -0.374 e. The first-order valence-corrected chi connectivity index (χ1v) is 6.45. The minimum absolute atomic E-state index is 0.437. The largest absolute Gasteiger partial charge is 0.374 e. The maximum atomic E-state index is 9.21. The van der Waals surface area contributed by atoms with Crippen molar-refractivity contribution in [2.75, 3.05) is 25.0 Å². The van der Waals surface area contributed by atoms with E-state index in [0.29, 0.717) is 0 Å². The van der Waals surface area contributed by atoms with Crippen LogP contribution in [0.5, 0.6) is 0 Å². The highest BCUT2D eigenvalue weighted by Gasteiger charge is 2.22. The summed E-state index contributed by atoms with van der Waals surface area (Å²) in [6, 6.07) is 10.8. The summed E-state index contributed by atoms with van der Waals surface area (Å²) >= 11 is 0. The molecule has 0 amide bonds. The average Bonchev–Trinajstić information content (AvgIpc) is 2.37. The Bertz CT molecular complexity index is 405. The summed E-state index contributed by atoms with van der Waals surface area (Å²) in [5.41, 5.74) is 2.02. The highest BCUT2D eigenvalue weighted by molar-refractivity contribution is 5.46. The van der Waals surface area contributed by atoms with Crippen LogP contribution in [0.2, 0.25) is 0 Å². The zero-order valence-electron chi connectivity index (χ0n) is 11.8. The minimum atomic E-state index is -0.437. The standard InChI is InChI=1S/C15H23N3/c1-5-17-15(3,12-16)10-11-18(4)14-8-6-13(2)7-9-14/h6-9,17H,5,10-11H2,1-4H3. The summed E-state index contributed by atoms with van der Waals surface area (Å²) in [4.78, 5) is 2.19. The van der Waals surface area contributed by atoms with Crippen LogP contribution in [0.25, 0.3) is 0 Å². The highest BCUT2D eigenvalue weighted by atomic mass is 15.1. The van der Waals surface area contributed by atoms with Gasteiger partial charge in [0, 0.05) is 19.3 Å². The van der Waals surface area contributed by atoms with Crippen molar-refractivity contribution >= 4 is 5.69 Å². The van der Waals surface area contributed by atoms with E-state index in [1.807, 2.05) is 13.8 Å². The lowest BCUT2D eigenvalue weighted by Crippen LogP contribution is -2.43. The number of benzene rings is 1. The number of nitrogens with one attached hydrogen (secondary N) is 1. The molecule has 98 valence electrons. The third kappa shape index (κ3) is 4.05. The molecule has 0 aliphatic heterocycles. The van der Waals surface area contributed by atoms with Gasteiger partial charge in [-0.1, -0.05) is 24.6 Å². The molecule has 3 heteroatoms. The van der Waals surface area contributed by atoms with Gasteiger partial charge in [0.05, 0.1) is 6.07 Å². The summed E-state index contributed by atoms with van der Waals surface area (Å²) in [5, 5.41) is 12.4. The SMILES string of the molecule is CCNC(C)(C#N)CCN(C)c1ccc(C)cc1. The Labute approximate surface area is 110 Å². The van der Waals surface area contributed by atoms with Gasteiger partial charge in [0.25, 0.3) is 0 Å². The summed E-state index contributed by atoms with van der Waals surface area (Å²) in [7, 11) is 2.06. The molecule has 0 spiro atoms. The number of nitriles is 1. The quantitative estimate of drug-likeness (QED) is 0.837. The molecule has 0 radical (unpaired) electrons. The molecule has 0 aromatic heterocycles. The van der Waals surface area contributed by atoms with E-state index < -0.39 is 5.54 Å². The lowest BCUT2D eigenvalue weighted by Gasteiger charge is -2.27. The van der Waals surface area contributed by atoms with E-state index in [-0.39, 0.29) is 0 Å². The Balaban J connectivity index is 2.58. The number of hydrogen-bond donors (Lipinski definition) is 1. The fourth-order valence-electron chi connectivity index (χ4n) is 1.89. The molecule has 3 nitrogen and oxygen atoms in total. The van der Waals surface area contributed by atoms with Crippen molar-refractivity contribution in [1.29, 1.82) is 5.26 Å². The van der Waals surface area contributed by atoms with Crippen LogP contribution < -0.4 is 10.2 Å². The van der Waals surface area contributed by atoms with Crippen molar-refractivity contribution in [3.63, 3.8) is 0 Å². The van der Waals surface area contributed by atoms with E-state index >= 15 is 0 Å². The van der Waals surface area contributed by atoms with Crippen LogP contribution in [0.4, 0.5) is 5.69 Å². The molecule has 0 saturated heterocycles. The zero-order chi connectivity index (χ0) is 13.6. The van der Waals surface area contributed by atoms with Crippen LogP contribution in [0.15, 0.2) is 24.3 Å². The predicted molar refractivity (Wildman–Crippen MR) is 76.8 cm³/mol. The van der Waals surface area contributed by atoms with Crippen molar-refractivity contribution in [3.8, 4) is 6.07 Å². The maximum Gasteiger partial charge on any atom is 0.105 e. The first-order chi connectivity index (χ1) is 8.50. The third-order valence-corrected chi connectivity index (χ3v) is 3.24. The van der Waals surface area contributed by atoms with E-state index in [1.54, 1.807) is 0 Å². The van der Waals surface area contributed by atoms with Crippen LogP contribution in [-0.2, 0) is 0 Å². The van der Waals surface area contributed by atoms with Crippen molar-refractivity contribution < 1.29 is 0 Å². The predicted octanol–water partition coefficient (Wildman–Crippen LogP) is 2.71. The van der Waals surface area contributed by atoms with Crippen molar-refractivity contribution in [2.45, 2.75) is 32.7 Å². The molecule has 0 aliphatic carbocycles. The molecular formula is C15H23N3. The summed E-state index contributed by atoms with van der Waals surface area (Å²) in [5.74, 6) is 0. The smallest absolute Gasteiger partial charge is 0.105 e. The summed E-state index contributed by atoms with van der Waals surface area (Å²) in [6.07, 6.45) is 0.807. The second-order valence-corrected chi connectivity index (χ2v) is 4.98. The number of anilines is 1. The Kier molecular flexibility index (Phi) is 5.18. The average molecular weight is 245 g/mol. The first-order valence-electron chi connectivity index (χ1n) is 6.45. The fourth-order valence-corrected chi connectivity index (χ4v) is 1.89. The Morgan fingerprint density at radius 1 is 1.33 bits per heavy atom. The molecule has 0 heterocycles. The molecule has 0 bridgehead atoms. The monoisotopic (exact) mass is 245 g/mol. The van der Waals surface area contributed by atoms with E-state index in [2.05, 4.69) is 54.5 Å². The van der Waals surface area contributed by atoms with Gasteiger partial charge in [0.2, 0.25) is 0 Å². The van der Waals surface area contributed by atoms with E-state index in [4.69, 9.17) is 0 Å². The number of rotatable bonds is 6. The van der Waals surface area contributed by atoms with Crippen LogP contribution in [0.3, 0.4) is 0 Å². The topological polar surface area (TPSA) is 39.1 Å². The Morgan fingerprint density at radius 2 is 1.94 bits per heavy atom. The van der Waals surface area contributed by atoms with Gasteiger partial charge < -0.3 is 4.90 Å². The summed E-state index contributed by atoms with van der Waals surface area (Å²) in [6.45, 7) is 7.75. The van der Waals surface area contributed by atoms with Gasteiger partial charge in [-0.25, -0.2) is 0 Å². The molecule has 0 fully saturated rings. The zero-order valence-corrected chi connectivity index (χ0v) is 11.8. The molecule has 1 unspecified atom stereocenters. The van der Waals surface area contributed by atoms with Gasteiger partial charge in [0.15, 0.2) is 0 Å². The fraction of sp³-hybridized carbons (Fsp3) is 0.533. The molecule has 1 aromatic rings. The van der Waals surface area contributed by atoms with Crippen molar-refractivity contribution in [3.05, 3.63) is 29.8 Å². The lowest BCUT2D eigenvalue weighted by atomic mass is 9.99. The molecule has 0 saturated carbocycles. The van der Waals surface area contributed by atoms with Gasteiger partial charge in [-0.15, -0.1) is 0 Å². The van der Waals surface area contributed by atoms with E-state index in [9.17, 15) is 5.26 Å². The van der Waals surface area contributed by atoms with Crippen LogP contribution in [-0.4, -0.2) is 25.7 Å². The highest BCUT2D eigenvalue weighted by Crippen LogP contribution is 2.16. The Morgan fingerprint density at radius 3 is 2.44 bits per heavy atom. The molecule has 18 heavy (non-hydrogen) atoms. The molecule has 1 rings (SSSR count). The number of hydrogen-bond acceptors (Lipinski definition) is 3. The van der Waals surface area contributed by atoms with Crippen LogP contribution >= 0.6 is 0 Å². The Hall–Kier alpha value is -1.53. The van der Waals surface area contributed by atoms with Gasteiger partial charge in [-0.3, -0.25) is 5.32 Å². The van der Waals surface area contributed by atoms with Gasteiger partial charge in [0.1, 0.15) is 5.54 Å². The van der Waals surface area contributed by atoms with Gasteiger partial charge in [-0.2, -0.15) is 5.26 Å². The van der Waals surface area contributed by atoms with Crippen molar-refractivity contribution in [1.82, 2.24) is 5.32 Å². The van der Waals surface area contributed by atoms with E-state index in [1.165, 1.54) is 11.3 Å². The number of nitrogens with zero attached hydrogens (tertiary/aromatic N) is 2. The van der Waals surface area contributed by atoms with E-state index in [0.717, 1.165) is 19.5 Å². The molecule has 1 N–H and O–H groups in total. The first kappa shape index (κ1) is 14.5. The normalized spacial score (nSPS) is 13.7. The second kappa shape index (κ2) is 6.42.